The van der Waals surface area contributed by atoms with E-state index in [1.165, 1.54) is 45.4 Å². The number of likely N-dealkylation sites (tertiary alicyclic amines) is 1. The van der Waals surface area contributed by atoms with Crippen LogP contribution in [0, 0.1) is 29.6 Å². The fraction of sp³-hybridized carbons (Fsp3) is 1.00. The summed E-state index contributed by atoms with van der Waals surface area (Å²) in [6.45, 7) is 7.66. The highest BCUT2D eigenvalue weighted by atomic mass is 15.1. The first-order valence-corrected chi connectivity index (χ1v) is 9.73. The largest absolute Gasteiger partial charge is 0.313 e. The predicted molar refractivity (Wildman–Crippen MR) is 88.3 cm³/mol. The molecule has 0 aromatic heterocycles. The van der Waals surface area contributed by atoms with Crippen molar-refractivity contribution in [1.82, 2.24) is 10.2 Å². The van der Waals surface area contributed by atoms with E-state index < -0.39 is 0 Å². The van der Waals surface area contributed by atoms with Gasteiger partial charge in [-0.1, -0.05) is 6.42 Å². The third kappa shape index (κ3) is 3.17. The van der Waals surface area contributed by atoms with Crippen molar-refractivity contribution in [1.29, 1.82) is 0 Å². The Balaban J connectivity index is 1.25. The van der Waals surface area contributed by atoms with Crippen molar-refractivity contribution in [2.24, 2.45) is 29.6 Å². The summed E-state index contributed by atoms with van der Waals surface area (Å²) in [6, 6.07) is 0.681. The van der Waals surface area contributed by atoms with E-state index >= 15 is 0 Å². The Kier molecular flexibility index (Phi) is 4.28. The molecule has 4 saturated carbocycles. The second-order valence-electron chi connectivity index (χ2n) is 8.77. The molecule has 0 aromatic rings. The first kappa shape index (κ1) is 14.5. The number of nitrogens with zero attached hydrogens (tertiary/aromatic N) is 1. The van der Waals surface area contributed by atoms with Crippen molar-refractivity contribution in [3.05, 3.63) is 0 Å². The van der Waals surface area contributed by atoms with E-state index in [4.69, 9.17) is 0 Å². The van der Waals surface area contributed by atoms with Gasteiger partial charge in [0, 0.05) is 12.6 Å². The summed E-state index contributed by atoms with van der Waals surface area (Å²) in [7, 11) is 0. The van der Waals surface area contributed by atoms with E-state index in [1.807, 2.05) is 0 Å². The number of rotatable bonds is 5. The van der Waals surface area contributed by atoms with Crippen molar-refractivity contribution in [3.63, 3.8) is 0 Å². The maximum absolute atomic E-state index is 3.92. The Morgan fingerprint density at radius 2 is 1.52 bits per heavy atom. The molecule has 0 amide bonds. The molecule has 4 bridgehead atoms. The number of hydrogen-bond acceptors (Lipinski definition) is 2. The van der Waals surface area contributed by atoms with Crippen molar-refractivity contribution in [2.75, 3.05) is 26.2 Å². The van der Waals surface area contributed by atoms with Gasteiger partial charge in [-0.05, 0) is 101 Å². The van der Waals surface area contributed by atoms with Gasteiger partial charge in [0.15, 0.2) is 0 Å². The van der Waals surface area contributed by atoms with E-state index in [0.717, 1.165) is 29.6 Å². The van der Waals surface area contributed by atoms with E-state index in [0.29, 0.717) is 6.04 Å². The SMILES string of the molecule is CC(CN1CCCCC1)NCC1C2CC3CC(C2)CC1C3. The van der Waals surface area contributed by atoms with Crippen LogP contribution in [0.5, 0.6) is 0 Å². The van der Waals surface area contributed by atoms with Crippen LogP contribution < -0.4 is 5.32 Å². The summed E-state index contributed by atoms with van der Waals surface area (Å²) < 4.78 is 0. The highest BCUT2D eigenvalue weighted by Crippen LogP contribution is 2.56. The molecular formula is C19H34N2. The van der Waals surface area contributed by atoms with Crippen LogP contribution in [0.25, 0.3) is 0 Å². The van der Waals surface area contributed by atoms with E-state index in [9.17, 15) is 0 Å². The molecule has 4 aliphatic carbocycles. The first-order chi connectivity index (χ1) is 10.3. The van der Waals surface area contributed by atoms with Gasteiger partial charge in [0.1, 0.15) is 0 Å². The molecule has 1 saturated heterocycles. The lowest BCUT2D eigenvalue weighted by molar-refractivity contribution is -0.0364. The molecule has 2 nitrogen and oxygen atoms in total. The molecular weight excluding hydrogens is 256 g/mol. The van der Waals surface area contributed by atoms with Crippen LogP contribution in [0.4, 0.5) is 0 Å². The molecule has 2 heteroatoms. The lowest BCUT2D eigenvalue weighted by atomic mass is 9.52. The smallest absolute Gasteiger partial charge is 0.0166 e. The zero-order chi connectivity index (χ0) is 14.2. The predicted octanol–water partition coefficient (Wildman–Crippen LogP) is 3.52. The van der Waals surface area contributed by atoms with Crippen molar-refractivity contribution in [2.45, 2.75) is 64.3 Å². The van der Waals surface area contributed by atoms with Crippen molar-refractivity contribution >= 4 is 0 Å². The lowest BCUT2D eigenvalue weighted by Gasteiger charge is -2.54. The van der Waals surface area contributed by atoms with Crippen LogP contribution in [-0.2, 0) is 0 Å². The Hall–Kier alpha value is -0.0800. The Labute approximate surface area is 131 Å². The fourth-order valence-corrected chi connectivity index (χ4v) is 6.30. The van der Waals surface area contributed by atoms with E-state index in [-0.39, 0.29) is 0 Å². The van der Waals surface area contributed by atoms with Crippen LogP contribution in [0.15, 0.2) is 0 Å². The lowest BCUT2D eigenvalue weighted by Crippen LogP contribution is -2.50. The average molecular weight is 290 g/mol. The second kappa shape index (κ2) is 6.20. The molecule has 5 aliphatic rings. The topological polar surface area (TPSA) is 15.3 Å². The molecule has 0 radical (unpaired) electrons. The zero-order valence-electron chi connectivity index (χ0n) is 13.9. The number of hydrogen-bond donors (Lipinski definition) is 1. The van der Waals surface area contributed by atoms with Gasteiger partial charge in [0.2, 0.25) is 0 Å². The van der Waals surface area contributed by atoms with Crippen LogP contribution in [0.1, 0.15) is 58.3 Å². The van der Waals surface area contributed by atoms with Crippen LogP contribution in [-0.4, -0.2) is 37.1 Å². The van der Waals surface area contributed by atoms with Gasteiger partial charge in [-0.25, -0.2) is 0 Å². The van der Waals surface area contributed by atoms with Crippen molar-refractivity contribution in [3.8, 4) is 0 Å². The zero-order valence-corrected chi connectivity index (χ0v) is 13.9. The highest BCUT2D eigenvalue weighted by Gasteiger charge is 2.47. The summed E-state index contributed by atoms with van der Waals surface area (Å²) in [5.74, 6) is 5.41. The third-order valence-electron chi connectivity index (χ3n) is 7.10. The van der Waals surface area contributed by atoms with Gasteiger partial charge in [-0.3, -0.25) is 0 Å². The highest BCUT2D eigenvalue weighted by molar-refractivity contribution is 4.98. The standard InChI is InChI=1S/C19H34N2/c1-14(13-21-5-3-2-4-6-21)20-12-19-17-8-15-7-16(10-17)11-18(19)9-15/h14-20H,2-13H2,1H3. The van der Waals surface area contributed by atoms with Gasteiger partial charge in [-0.2, -0.15) is 0 Å². The van der Waals surface area contributed by atoms with Gasteiger partial charge in [-0.15, -0.1) is 0 Å². The maximum Gasteiger partial charge on any atom is 0.0166 e. The molecule has 0 spiro atoms. The molecule has 1 N–H and O–H groups in total. The third-order valence-corrected chi connectivity index (χ3v) is 7.10. The average Bonchev–Trinajstić information content (AvgIpc) is 2.47. The molecule has 1 atom stereocenters. The van der Waals surface area contributed by atoms with Gasteiger partial charge in [0.05, 0.1) is 0 Å². The van der Waals surface area contributed by atoms with Crippen LogP contribution in [0.2, 0.25) is 0 Å². The minimum absolute atomic E-state index is 0.681. The summed E-state index contributed by atoms with van der Waals surface area (Å²) in [4.78, 5) is 2.68. The number of piperidine rings is 1. The summed E-state index contributed by atoms with van der Waals surface area (Å²) in [5, 5.41) is 3.92. The van der Waals surface area contributed by atoms with Gasteiger partial charge in [0.25, 0.3) is 0 Å². The first-order valence-electron chi connectivity index (χ1n) is 9.73. The quantitative estimate of drug-likeness (QED) is 0.833. The summed E-state index contributed by atoms with van der Waals surface area (Å²) in [6.07, 6.45) is 12.1. The fourth-order valence-electron chi connectivity index (χ4n) is 6.30. The van der Waals surface area contributed by atoms with E-state index in [1.54, 1.807) is 32.1 Å². The summed E-state index contributed by atoms with van der Waals surface area (Å²) in [5.41, 5.74) is 0. The molecule has 21 heavy (non-hydrogen) atoms. The minimum Gasteiger partial charge on any atom is -0.313 e. The normalized spacial score (nSPS) is 44.1. The van der Waals surface area contributed by atoms with Crippen molar-refractivity contribution < 1.29 is 0 Å². The molecule has 1 heterocycles. The van der Waals surface area contributed by atoms with E-state index in [2.05, 4.69) is 17.1 Å². The maximum atomic E-state index is 3.92. The summed E-state index contributed by atoms with van der Waals surface area (Å²) >= 11 is 0. The van der Waals surface area contributed by atoms with Gasteiger partial charge >= 0.3 is 0 Å². The molecule has 0 aromatic carbocycles. The molecule has 1 unspecified atom stereocenters. The number of nitrogens with one attached hydrogen (secondary N) is 1. The Bertz CT molecular complexity index is 319. The monoisotopic (exact) mass is 290 g/mol. The second-order valence-corrected chi connectivity index (χ2v) is 8.77. The molecule has 1 aliphatic heterocycles. The van der Waals surface area contributed by atoms with Crippen LogP contribution >= 0.6 is 0 Å². The van der Waals surface area contributed by atoms with Crippen LogP contribution in [0.3, 0.4) is 0 Å². The molecule has 5 fully saturated rings. The Morgan fingerprint density at radius 3 is 2.14 bits per heavy atom. The Morgan fingerprint density at radius 1 is 0.905 bits per heavy atom. The molecule has 5 rings (SSSR count). The molecule has 120 valence electrons. The minimum atomic E-state index is 0.681. The van der Waals surface area contributed by atoms with Gasteiger partial charge < -0.3 is 10.2 Å².